The molecule has 0 amide bonds. The molecule has 1 aliphatic carbocycles. The predicted octanol–water partition coefficient (Wildman–Crippen LogP) is 3.25. The Morgan fingerprint density at radius 3 is 2.94 bits per heavy atom. The van der Waals surface area contributed by atoms with Crippen LogP contribution >= 0.6 is 35.5 Å². The largest absolute Gasteiger partial charge is 0.375 e. The van der Waals surface area contributed by atoms with Crippen molar-refractivity contribution in [1.82, 2.24) is 9.88 Å². The van der Waals surface area contributed by atoms with Gasteiger partial charge in [-0.1, -0.05) is 6.92 Å². The third kappa shape index (κ3) is 4.30. The first-order valence-electron chi connectivity index (χ1n) is 6.21. The van der Waals surface area contributed by atoms with Crippen LogP contribution < -0.4 is 5.73 Å². The zero-order chi connectivity index (χ0) is 12.3. The highest BCUT2D eigenvalue weighted by atomic mass is 35.5. The van der Waals surface area contributed by atoms with Gasteiger partial charge in [0.15, 0.2) is 5.13 Å². The lowest BCUT2D eigenvalue weighted by atomic mass is 10.2. The van der Waals surface area contributed by atoms with Gasteiger partial charge in [0.05, 0.1) is 0 Å². The van der Waals surface area contributed by atoms with E-state index in [1.807, 2.05) is 6.20 Å². The summed E-state index contributed by atoms with van der Waals surface area (Å²) < 4.78 is 0. The molecule has 0 aromatic carbocycles. The smallest absolute Gasteiger partial charge is 0.180 e. The molecule has 3 nitrogen and oxygen atoms in total. The van der Waals surface area contributed by atoms with Gasteiger partial charge in [-0.15, -0.1) is 23.7 Å². The molecule has 104 valence electrons. The Hall–Kier alpha value is 0.0300. The van der Waals surface area contributed by atoms with Crippen LogP contribution in [0.2, 0.25) is 0 Å². The normalized spacial score (nSPS) is 23.3. The molecule has 2 N–H and O–H groups in total. The molecule has 1 aromatic heterocycles. The summed E-state index contributed by atoms with van der Waals surface area (Å²) >= 11 is 3.72. The van der Waals surface area contributed by atoms with E-state index in [2.05, 4.69) is 35.6 Å². The van der Waals surface area contributed by atoms with Crippen LogP contribution in [0.1, 0.15) is 31.1 Å². The Kier molecular flexibility index (Phi) is 6.77. The van der Waals surface area contributed by atoms with Crippen LogP contribution in [-0.4, -0.2) is 34.0 Å². The second-order valence-electron chi connectivity index (χ2n) is 4.62. The number of nitrogens with zero attached hydrogens (tertiary/aromatic N) is 2. The number of hydrogen-bond donors (Lipinski definition) is 1. The van der Waals surface area contributed by atoms with E-state index >= 15 is 0 Å². The van der Waals surface area contributed by atoms with Gasteiger partial charge >= 0.3 is 0 Å². The number of hydrogen-bond acceptors (Lipinski definition) is 5. The summed E-state index contributed by atoms with van der Waals surface area (Å²) in [7, 11) is 2.22. The van der Waals surface area contributed by atoms with Crippen molar-refractivity contribution in [3.63, 3.8) is 0 Å². The fraction of sp³-hybridized carbons (Fsp3) is 0.750. The molecule has 1 saturated carbocycles. The SMILES string of the molecule is CCSC1CCC(N(C)Cc2cnc(N)s2)C1.Cl. The van der Waals surface area contributed by atoms with E-state index in [1.54, 1.807) is 11.3 Å². The molecule has 18 heavy (non-hydrogen) atoms. The summed E-state index contributed by atoms with van der Waals surface area (Å²) in [4.78, 5) is 7.84. The molecule has 2 unspecified atom stereocenters. The van der Waals surface area contributed by atoms with Crippen LogP contribution in [-0.2, 0) is 6.54 Å². The van der Waals surface area contributed by atoms with Crippen LogP contribution in [0, 0.1) is 0 Å². The molecular formula is C12H22ClN3S2. The maximum atomic E-state index is 5.65. The van der Waals surface area contributed by atoms with E-state index in [1.165, 1.54) is 29.9 Å². The van der Waals surface area contributed by atoms with Crippen molar-refractivity contribution in [1.29, 1.82) is 0 Å². The maximum absolute atomic E-state index is 5.65. The van der Waals surface area contributed by atoms with Crippen LogP contribution in [0.5, 0.6) is 0 Å². The molecule has 1 heterocycles. The Morgan fingerprint density at radius 2 is 2.33 bits per heavy atom. The van der Waals surface area contributed by atoms with Gasteiger partial charge in [0.25, 0.3) is 0 Å². The van der Waals surface area contributed by atoms with Crippen molar-refractivity contribution in [2.24, 2.45) is 0 Å². The van der Waals surface area contributed by atoms with Crippen molar-refractivity contribution in [3.8, 4) is 0 Å². The molecule has 1 fully saturated rings. The summed E-state index contributed by atoms with van der Waals surface area (Å²) in [5.74, 6) is 1.24. The molecule has 0 bridgehead atoms. The highest BCUT2D eigenvalue weighted by molar-refractivity contribution is 7.99. The van der Waals surface area contributed by atoms with Crippen molar-refractivity contribution in [2.45, 2.75) is 44.0 Å². The molecule has 0 spiro atoms. The number of rotatable bonds is 5. The summed E-state index contributed by atoms with van der Waals surface area (Å²) in [6, 6.07) is 0.738. The third-order valence-corrected chi connectivity index (χ3v) is 5.40. The third-order valence-electron chi connectivity index (χ3n) is 3.36. The maximum Gasteiger partial charge on any atom is 0.180 e. The van der Waals surface area contributed by atoms with E-state index in [-0.39, 0.29) is 12.4 Å². The second-order valence-corrected chi connectivity index (χ2v) is 7.35. The van der Waals surface area contributed by atoms with Gasteiger partial charge in [-0.2, -0.15) is 11.8 Å². The molecule has 1 aliphatic rings. The molecule has 2 atom stereocenters. The molecule has 2 rings (SSSR count). The first kappa shape index (κ1) is 16.1. The predicted molar refractivity (Wildman–Crippen MR) is 84.8 cm³/mol. The fourth-order valence-corrected chi connectivity index (χ4v) is 4.36. The number of anilines is 1. The average Bonchev–Trinajstić information content (AvgIpc) is 2.88. The first-order valence-corrected chi connectivity index (χ1v) is 8.07. The van der Waals surface area contributed by atoms with Gasteiger partial charge in [-0.05, 0) is 32.1 Å². The minimum absolute atomic E-state index is 0. The highest BCUT2D eigenvalue weighted by Crippen LogP contribution is 2.33. The van der Waals surface area contributed by atoms with Crippen LogP contribution in [0.15, 0.2) is 6.20 Å². The first-order chi connectivity index (χ1) is 8.19. The van der Waals surface area contributed by atoms with E-state index in [0.29, 0.717) is 5.13 Å². The lowest BCUT2D eigenvalue weighted by Crippen LogP contribution is -2.28. The van der Waals surface area contributed by atoms with Gasteiger partial charge in [-0.3, -0.25) is 4.90 Å². The van der Waals surface area contributed by atoms with E-state index in [4.69, 9.17) is 5.73 Å². The summed E-state index contributed by atoms with van der Waals surface area (Å²) in [5.41, 5.74) is 5.65. The van der Waals surface area contributed by atoms with Gasteiger partial charge in [0.2, 0.25) is 0 Å². The van der Waals surface area contributed by atoms with Gasteiger partial charge < -0.3 is 5.73 Å². The highest BCUT2D eigenvalue weighted by Gasteiger charge is 2.27. The molecule has 0 radical (unpaired) electrons. The number of thiazole rings is 1. The number of nitrogens with two attached hydrogens (primary N) is 1. The lowest BCUT2D eigenvalue weighted by molar-refractivity contribution is 0.239. The molecular weight excluding hydrogens is 286 g/mol. The van der Waals surface area contributed by atoms with E-state index in [9.17, 15) is 0 Å². The number of halogens is 1. The van der Waals surface area contributed by atoms with E-state index in [0.717, 1.165) is 17.8 Å². The van der Waals surface area contributed by atoms with Gasteiger partial charge in [0.1, 0.15) is 0 Å². The quantitative estimate of drug-likeness (QED) is 0.906. The Bertz CT molecular complexity index is 359. The molecule has 0 aliphatic heterocycles. The van der Waals surface area contributed by atoms with Crippen molar-refractivity contribution < 1.29 is 0 Å². The number of aromatic nitrogens is 1. The summed E-state index contributed by atoms with van der Waals surface area (Å²) in [5, 5.41) is 1.55. The Labute approximate surface area is 124 Å². The van der Waals surface area contributed by atoms with Crippen LogP contribution in [0.3, 0.4) is 0 Å². The minimum atomic E-state index is 0. The monoisotopic (exact) mass is 307 g/mol. The zero-order valence-electron chi connectivity index (χ0n) is 11.0. The van der Waals surface area contributed by atoms with Crippen LogP contribution in [0.4, 0.5) is 5.13 Å². The molecule has 1 aromatic rings. The van der Waals surface area contributed by atoms with Gasteiger partial charge in [-0.25, -0.2) is 4.98 Å². The second kappa shape index (κ2) is 7.58. The van der Waals surface area contributed by atoms with Crippen molar-refractivity contribution in [2.75, 3.05) is 18.5 Å². The standard InChI is InChI=1S/C12H21N3S2.ClH/c1-3-16-10-5-4-9(6-10)15(2)8-11-7-14-12(13)17-11;/h7,9-10H,3-6,8H2,1-2H3,(H2,13,14);1H. The number of thioether (sulfide) groups is 1. The molecule has 0 saturated heterocycles. The van der Waals surface area contributed by atoms with Crippen molar-refractivity contribution in [3.05, 3.63) is 11.1 Å². The van der Waals surface area contributed by atoms with Crippen LogP contribution in [0.25, 0.3) is 0 Å². The number of nitrogen functional groups attached to an aromatic ring is 1. The van der Waals surface area contributed by atoms with Crippen molar-refractivity contribution >= 4 is 40.6 Å². The summed E-state index contributed by atoms with van der Waals surface area (Å²) in [6.45, 7) is 3.24. The summed E-state index contributed by atoms with van der Waals surface area (Å²) in [6.07, 6.45) is 5.95. The topological polar surface area (TPSA) is 42.2 Å². The minimum Gasteiger partial charge on any atom is -0.375 e. The van der Waals surface area contributed by atoms with E-state index < -0.39 is 0 Å². The molecule has 6 heteroatoms. The van der Waals surface area contributed by atoms with Gasteiger partial charge in [0, 0.05) is 28.9 Å². The fourth-order valence-electron chi connectivity index (χ4n) is 2.48. The Morgan fingerprint density at radius 1 is 1.56 bits per heavy atom. The average molecular weight is 308 g/mol. The zero-order valence-corrected chi connectivity index (χ0v) is 13.4. The Balaban J connectivity index is 0.00000162. The lowest BCUT2D eigenvalue weighted by Gasteiger charge is -2.23.